The smallest absolute Gasteiger partial charge is 0.349 e. The zero-order valence-electron chi connectivity index (χ0n) is 10.4. The lowest BCUT2D eigenvalue weighted by molar-refractivity contribution is -0.136. The highest BCUT2D eigenvalue weighted by molar-refractivity contribution is 14.1. The van der Waals surface area contributed by atoms with Gasteiger partial charge in [0, 0.05) is 3.57 Å². The Hall–Kier alpha value is -1.56. The number of aryl methyl sites for hydroxylation is 1. The van der Waals surface area contributed by atoms with Gasteiger partial charge < -0.3 is 9.47 Å². The largest absolute Gasteiger partial charge is 0.482 e. The summed E-state index contributed by atoms with van der Waals surface area (Å²) in [5, 5.41) is 0. The second kappa shape index (κ2) is 6.56. The number of benzene rings is 2. The molecule has 0 aromatic heterocycles. The number of para-hydroxylation sites is 1. The summed E-state index contributed by atoms with van der Waals surface area (Å²) < 4.78 is 11.7. The fourth-order valence-corrected chi connectivity index (χ4v) is 1.88. The third kappa shape index (κ3) is 4.24. The highest BCUT2D eigenvalue weighted by atomic mass is 127. The fraction of sp³-hybridized carbons (Fsp3) is 0.133. The Bertz CT molecular complexity index is 564. The molecule has 0 bridgehead atoms. The SMILES string of the molecule is Cc1ccccc1OCC(=O)Oc1ccc(I)cc1. The molecule has 0 N–H and O–H groups in total. The van der Waals surface area contributed by atoms with Gasteiger partial charge in [0.15, 0.2) is 6.61 Å². The van der Waals surface area contributed by atoms with Crippen molar-refractivity contribution in [1.82, 2.24) is 0 Å². The number of carbonyl (C=O) groups excluding carboxylic acids is 1. The van der Waals surface area contributed by atoms with Gasteiger partial charge in [-0.2, -0.15) is 0 Å². The zero-order valence-corrected chi connectivity index (χ0v) is 12.6. The van der Waals surface area contributed by atoms with E-state index < -0.39 is 5.97 Å². The summed E-state index contributed by atoms with van der Waals surface area (Å²) in [6.07, 6.45) is 0. The number of esters is 1. The predicted molar refractivity (Wildman–Crippen MR) is 81.5 cm³/mol. The number of hydrogen-bond donors (Lipinski definition) is 0. The van der Waals surface area contributed by atoms with Gasteiger partial charge in [0.05, 0.1) is 0 Å². The van der Waals surface area contributed by atoms with Gasteiger partial charge in [0.1, 0.15) is 11.5 Å². The maximum atomic E-state index is 11.6. The van der Waals surface area contributed by atoms with Crippen molar-refractivity contribution in [3.63, 3.8) is 0 Å². The summed E-state index contributed by atoms with van der Waals surface area (Å²) in [7, 11) is 0. The van der Waals surface area contributed by atoms with Crippen LogP contribution >= 0.6 is 22.6 Å². The number of carbonyl (C=O) groups is 1. The Kier molecular flexibility index (Phi) is 4.79. The van der Waals surface area contributed by atoms with E-state index in [0.29, 0.717) is 11.5 Å². The van der Waals surface area contributed by atoms with Crippen molar-refractivity contribution in [2.45, 2.75) is 6.92 Å². The van der Waals surface area contributed by atoms with Crippen LogP contribution in [0.3, 0.4) is 0 Å². The van der Waals surface area contributed by atoms with Crippen molar-refractivity contribution < 1.29 is 14.3 Å². The van der Waals surface area contributed by atoms with Gasteiger partial charge in [0.25, 0.3) is 0 Å². The van der Waals surface area contributed by atoms with E-state index >= 15 is 0 Å². The Morgan fingerprint density at radius 2 is 1.79 bits per heavy atom. The molecule has 19 heavy (non-hydrogen) atoms. The van der Waals surface area contributed by atoms with Crippen LogP contribution in [0, 0.1) is 10.5 Å². The van der Waals surface area contributed by atoms with Gasteiger partial charge in [-0.15, -0.1) is 0 Å². The van der Waals surface area contributed by atoms with Crippen LogP contribution in [0.5, 0.6) is 11.5 Å². The summed E-state index contributed by atoms with van der Waals surface area (Å²) in [4.78, 5) is 11.6. The number of rotatable bonds is 4. The Balaban J connectivity index is 1.88. The van der Waals surface area contributed by atoms with E-state index in [0.717, 1.165) is 9.13 Å². The van der Waals surface area contributed by atoms with Crippen LogP contribution in [-0.2, 0) is 4.79 Å². The first-order valence-corrected chi connectivity index (χ1v) is 6.88. The molecule has 0 saturated carbocycles. The summed E-state index contributed by atoms with van der Waals surface area (Å²) in [5.41, 5.74) is 0.990. The summed E-state index contributed by atoms with van der Waals surface area (Å²) in [6, 6.07) is 14.8. The molecule has 0 saturated heterocycles. The molecule has 0 radical (unpaired) electrons. The van der Waals surface area contributed by atoms with Gasteiger partial charge in [-0.05, 0) is 65.4 Å². The molecule has 0 aliphatic rings. The highest BCUT2D eigenvalue weighted by Crippen LogP contribution is 2.17. The van der Waals surface area contributed by atoms with E-state index in [1.807, 2.05) is 43.3 Å². The van der Waals surface area contributed by atoms with E-state index in [4.69, 9.17) is 9.47 Å². The second-order valence-corrected chi connectivity index (χ2v) is 5.23. The summed E-state index contributed by atoms with van der Waals surface area (Å²) in [6.45, 7) is 1.83. The molecule has 0 fully saturated rings. The third-order valence-corrected chi connectivity index (χ3v) is 3.20. The zero-order chi connectivity index (χ0) is 13.7. The first kappa shape index (κ1) is 13.9. The van der Waals surface area contributed by atoms with Crippen LogP contribution in [0.2, 0.25) is 0 Å². The molecular formula is C15H13IO3. The van der Waals surface area contributed by atoms with Crippen molar-refractivity contribution in [2.75, 3.05) is 6.61 Å². The Morgan fingerprint density at radius 3 is 2.47 bits per heavy atom. The van der Waals surface area contributed by atoms with Gasteiger partial charge >= 0.3 is 5.97 Å². The average molecular weight is 368 g/mol. The first-order chi connectivity index (χ1) is 9.15. The summed E-state index contributed by atoms with van der Waals surface area (Å²) in [5.74, 6) is 0.810. The summed E-state index contributed by atoms with van der Waals surface area (Å²) >= 11 is 2.19. The second-order valence-electron chi connectivity index (χ2n) is 3.98. The standard InChI is InChI=1S/C15H13IO3/c1-11-4-2-3-5-14(11)18-10-15(17)19-13-8-6-12(16)7-9-13/h2-9H,10H2,1H3. The van der Waals surface area contributed by atoms with E-state index in [2.05, 4.69) is 22.6 Å². The maximum Gasteiger partial charge on any atom is 0.349 e. The molecule has 0 amide bonds. The van der Waals surface area contributed by atoms with Crippen LogP contribution in [0.15, 0.2) is 48.5 Å². The molecule has 3 nitrogen and oxygen atoms in total. The minimum atomic E-state index is -0.413. The highest BCUT2D eigenvalue weighted by Gasteiger charge is 2.07. The number of halogens is 1. The molecule has 0 aliphatic carbocycles. The van der Waals surface area contributed by atoms with E-state index in [1.165, 1.54) is 0 Å². The van der Waals surface area contributed by atoms with Gasteiger partial charge in [0.2, 0.25) is 0 Å². The molecule has 0 heterocycles. The molecule has 2 aromatic rings. The average Bonchev–Trinajstić information content (AvgIpc) is 2.40. The van der Waals surface area contributed by atoms with E-state index in [-0.39, 0.29) is 6.61 Å². The molecular weight excluding hydrogens is 355 g/mol. The fourth-order valence-electron chi connectivity index (χ4n) is 1.52. The van der Waals surface area contributed by atoms with Gasteiger partial charge in [-0.1, -0.05) is 18.2 Å². The van der Waals surface area contributed by atoms with E-state index in [1.54, 1.807) is 12.1 Å². The maximum absolute atomic E-state index is 11.6. The van der Waals surface area contributed by atoms with Crippen molar-refractivity contribution in [1.29, 1.82) is 0 Å². The first-order valence-electron chi connectivity index (χ1n) is 5.80. The molecule has 0 unspecified atom stereocenters. The van der Waals surface area contributed by atoms with Crippen LogP contribution in [0.1, 0.15) is 5.56 Å². The lowest BCUT2D eigenvalue weighted by Crippen LogP contribution is -2.17. The molecule has 4 heteroatoms. The van der Waals surface area contributed by atoms with Crippen LogP contribution in [-0.4, -0.2) is 12.6 Å². The monoisotopic (exact) mass is 368 g/mol. The van der Waals surface area contributed by atoms with Crippen molar-refractivity contribution in [3.05, 3.63) is 57.7 Å². The minimum absolute atomic E-state index is 0.100. The quantitative estimate of drug-likeness (QED) is 0.470. The van der Waals surface area contributed by atoms with Gasteiger partial charge in [-0.25, -0.2) is 4.79 Å². The molecule has 98 valence electrons. The molecule has 0 aliphatic heterocycles. The van der Waals surface area contributed by atoms with Crippen LogP contribution < -0.4 is 9.47 Å². The Morgan fingerprint density at radius 1 is 1.11 bits per heavy atom. The topological polar surface area (TPSA) is 35.5 Å². The van der Waals surface area contributed by atoms with Crippen molar-refractivity contribution >= 4 is 28.6 Å². The lowest BCUT2D eigenvalue weighted by Gasteiger charge is -2.08. The lowest BCUT2D eigenvalue weighted by atomic mass is 10.2. The molecule has 0 atom stereocenters. The molecule has 2 aromatic carbocycles. The number of ether oxygens (including phenoxy) is 2. The molecule has 2 rings (SSSR count). The van der Waals surface area contributed by atoms with Crippen molar-refractivity contribution in [2.24, 2.45) is 0 Å². The van der Waals surface area contributed by atoms with Crippen LogP contribution in [0.4, 0.5) is 0 Å². The van der Waals surface area contributed by atoms with E-state index in [9.17, 15) is 4.79 Å². The predicted octanol–water partition coefficient (Wildman–Crippen LogP) is 3.58. The Labute approximate surface area is 125 Å². The number of hydrogen-bond acceptors (Lipinski definition) is 3. The van der Waals surface area contributed by atoms with Crippen molar-refractivity contribution in [3.8, 4) is 11.5 Å². The normalized spacial score (nSPS) is 10.0. The third-order valence-electron chi connectivity index (χ3n) is 2.48. The van der Waals surface area contributed by atoms with Gasteiger partial charge in [-0.3, -0.25) is 0 Å². The minimum Gasteiger partial charge on any atom is -0.482 e. The molecule has 0 spiro atoms. The van der Waals surface area contributed by atoms with Crippen LogP contribution in [0.25, 0.3) is 0 Å².